The maximum Gasteiger partial charge on any atom is 0.229 e. The van der Waals surface area contributed by atoms with Crippen molar-refractivity contribution in [1.29, 1.82) is 0 Å². The molecule has 0 aromatic heterocycles. The van der Waals surface area contributed by atoms with Crippen LogP contribution in [0, 0.1) is 5.92 Å². The van der Waals surface area contributed by atoms with Crippen molar-refractivity contribution < 1.29 is 14.3 Å². The van der Waals surface area contributed by atoms with Crippen molar-refractivity contribution in [3.8, 4) is 5.75 Å². The maximum absolute atomic E-state index is 12.6. The molecule has 1 heterocycles. The van der Waals surface area contributed by atoms with Crippen molar-refractivity contribution in [2.45, 2.75) is 26.2 Å². The van der Waals surface area contributed by atoms with Gasteiger partial charge in [0.2, 0.25) is 11.8 Å². The minimum Gasteiger partial charge on any atom is -0.497 e. The lowest BCUT2D eigenvalue weighted by Crippen LogP contribution is -2.28. The summed E-state index contributed by atoms with van der Waals surface area (Å²) >= 11 is 0. The Morgan fingerprint density at radius 2 is 2.00 bits per heavy atom. The molecule has 1 unspecified atom stereocenters. The quantitative estimate of drug-likeness (QED) is 0.768. The van der Waals surface area contributed by atoms with Gasteiger partial charge in [0, 0.05) is 24.7 Å². The minimum atomic E-state index is -0.418. The number of nitrogen functional groups attached to an aromatic ring is 1. The minimum absolute atomic E-state index is 0.0444. The van der Waals surface area contributed by atoms with Gasteiger partial charge in [-0.1, -0.05) is 25.5 Å². The number of aryl methyl sites for hydroxylation is 1. The molecule has 1 aliphatic rings. The average Bonchev–Trinajstić information content (AvgIpc) is 3.06. The number of ether oxygens (including phenoxy) is 1. The lowest BCUT2D eigenvalue weighted by atomic mass is 10.1. The summed E-state index contributed by atoms with van der Waals surface area (Å²) in [6.45, 7) is 2.50. The summed E-state index contributed by atoms with van der Waals surface area (Å²) in [7, 11) is 1.55. The number of hydrogen-bond donors (Lipinski definition) is 2. The lowest BCUT2D eigenvalue weighted by molar-refractivity contribution is -0.122. The van der Waals surface area contributed by atoms with Crippen LogP contribution < -0.4 is 20.7 Å². The van der Waals surface area contributed by atoms with E-state index in [0.717, 1.165) is 18.5 Å². The Balaban J connectivity index is 1.68. The Bertz CT molecular complexity index is 833. The topological polar surface area (TPSA) is 84.7 Å². The summed E-state index contributed by atoms with van der Waals surface area (Å²) in [5, 5.41) is 2.82. The number of nitrogens with zero attached hydrogens (tertiary/aromatic N) is 1. The van der Waals surface area contributed by atoms with Crippen molar-refractivity contribution in [2.24, 2.45) is 5.92 Å². The van der Waals surface area contributed by atoms with Crippen LogP contribution in [0.3, 0.4) is 0 Å². The van der Waals surface area contributed by atoms with E-state index in [-0.39, 0.29) is 18.2 Å². The summed E-state index contributed by atoms with van der Waals surface area (Å²) in [5.74, 6) is -0.0698. The molecule has 2 amide bonds. The number of amides is 2. The molecule has 2 aromatic carbocycles. The molecule has 0 saturated carbocycles. The molecular weight excluding hydrogens is 342 g/mol. The molecule has 2 aromatic rings. The predicted molar refractivity (Wildman–Crippen MR) is 107 cm³/mol. The van der Waals surface area contributed by atoms with Gasteiger partial charge in [-0.3, -0.25) is 9.59 Å². The monoisotopic (exact) mass is 367 g/mol. The first-order chi connectivity index (χ1) is 13.0. The standard InChI is InChI=1S/C21H25N3O3/c1-3-4-14-5-7-16(8-6-14)24-13-15(11-20(24)25)21(26)23-19-12-17(27-2)9-10-18(19)22/h5-10,12,15H,3-4,11,13,22H2,1-2H3,(H,23,26). The number of rotatable bonds is 6. The van der Waals surface area contributed by atoms with Crippen LogP contribution in [-0.2, 0) is 16.0 Å². The first-order valence-electron chi connectivity index (χ1n) is 9.15. The van der Waals surface area contributed by atoms with Crippen molar-refractivity contribution in [2.75, 3.05) is 29.6 Å². The third kappa shape index (κ3) is 4.22. The lowest BCUT2D eigenvalue weighted by Gasteiger charge is -2.17. The summed E-state index contributed by atoms with van der Waals surface area (Å²) < 4.78 is 5.17. The largest absolute Gasteiger partial charge is 0.497 e. The molecule has 0 spiro atoms. The summed E-state index contributed by atoms with van der Waals surface area (Å²) in [4.78, 5) is 26.7. The zero-order valence-electron chi connectivity index (χ0n) is 15.7. The normalized spacial score (nSPS) is 16.4. The number of benzene rings is 2. The predicted octanol–water partition coefficient (Wildman–Crippen LogP) is 3.22. The van der Waals surface area contributed by atoms with E-state index in [0.29, 0.717) is 23.7 Å². The second kappa shape index (κ2) is 8.12. The van der Waals surface area contributed by atoms with Gasteiger partial charge in [0.1, 0.15) is 5.75 Å². The average molecular weight is 367 g/mol. The number of hydrogen-bond acceptors (Lipinski definition) is 4. The molecule has 0 aliphatic carbocycles. The van der Waals surface area contributed by atoms with E-state index >= 15 is 0 Å². The molecule has 1 aliphatic heterocycles. The Kier molecular flexibility index (Phi) is 5.64. The first-order valence-corrected chi connectivity index (χ1v) is 9.15. The summed E-state index contributed by atoms with van der Waals surface area (Å²) in [6, 6.07) is 13.1. The zero-order chi connectivity index (χ0) is 19.4. The highest BCUT2D eigenvalue weighted by atomic mass is 16.5. The van der Waals surface area contributed by atoms with Gasteiger partial charge in [0.25, 0.3) is 0 Å². The van der Waals surface area contributed by atoms with Crippen LogP contribution in [0.1, 0.15) is 25.3 Å². The smallest absolute Gasteiger partial charge is 0.229 e. The highest BCUT2D eigenvalue weighted by Gasteiger charge is 2.35. The van der Waals surface area contributed by atoms with Crippen LogP contribution in [-0.4, -0.2) is 25.5 Å². The van der Waals surface area contributed by atoms with E-state index in [2.05, 4.69) is 12.2 Å². The second-order valence-corrected chi connectivity index (χ2v) is 6.76. The van der Waals surface area contributed by atoms with E-state index in [9.17, 15) is 9.59 Å². The number of carbonyl (C=O) groups excluding carboxylic acids is 2. The highest BCUT2D eigenvalue weighted by molar-refractivity contribution is 6.04. The van der Waals surface area contributed by atoms with E-state index in [1.807, 2.05) is 24.3 Å². The zero-order valence-corrected chi connectivity index (χ0v) is 15.7. The Morgan fingerprint density at radius 1 is 1.26 bits per heavy atom. The first kappa shape index (κ1) is 18.8. The molecule has 142 valence electrons. The second-order valence-electron chi connectivity index (χ2n) is 6.76. The SMILES string of the molecule is CCCc1ccc(N2CC(C(=O)Nc3cc(OC)ccc3N)CC2=O)cc1. The molecule has 3 N–H and O–H groups in total. The summed E-state index contributed by atoms with van der Waals surface area (Å²) in [5.41, 5.74) is 8.95. The van der Waals surface area contributed by atoms with Crippen LogP contribution >= 0.6 is 0 Å². The van der Waals surface area contributed by atoms with Gasteiger partial charge in [-0.05, 0) is 36.2 Å². The molecule has 6 nitrogen and oxygen atoms in total. The number of carbonyl (C=O) groups is 2. The van der Waals surface area contributed by atoms with E-state index < -0.39 is 5.92 Å². The van der Waals surface area contributed by atoms with Gasteiger partial charge in [-0.15, -0.1) is 0 Å². The van der Waals surface area contributed by atoms with Gasteiger partial charge >= 0.3 is 0 Å². The summed E-state index contributed by atoms with van der Waals surface area (Å²) in [6.07, 6.45) is 2.28. The van der Waals surface area contributed by atoms with Crippen LogP contribution in [0.15, 0.2) is 42.5 Å². The number of anilines is 3. The van der Waals surface area contributed by atoms with Gasteiger partial charge in [-0.25, -0.2) is 0 Å². The molecule has 27 heavy (non-hydrogen) atoms. The van der Waals surface area contributed by atoms with Crippen LogP contribution in [0.4, 0.5) is 17.1 Å². The fourth-order valence-corrected chi connectivity index (χ4v) is 3.27. The van der Waals surface area contributed by atoms with Crippen molar-refractivity contribution in [3.63, 3.8) is 0 Å². The van der Waals surface area contributed by atoms with Crippen LogP contribution in [0.5, 0.6) is 5.75 Å². The highest BCUT2D eigenvalue weighted by Crippen LogP contribution is 2.29. The van der Waals surface area contributed by atoms with Gasteiger partial charge in [-0.2, -0.15) is 0 Å². The van der Waals surface area contributed by atoms with Crippen LogP contribution in [0.25, 0.3) is 0 Å². The number of nitrogens with one attached hydrogen (secondary N) is 1. The van der Waals surface area contributed by atoms with E-state index in [1.54, 1.807) is 30.2 Å². The van der Waals surface area contributed by atoms with Crippen molar-refractivity contribution in [1.82, 2.24) is 0 Å². The fourth-order valence-electron chi connectivity index (χ4n) is 3.27. The molecule has 1 atom stereocenters. The Hall–Kier alpha value is -3.02. The number of nitrogens with two attached hydrogens (primary N) is 1. The van der Waals surface area contributed by atoms with Gasteiger partial charge in [0.15, 0.2) is 0 Å². The van der Waals surface area contributed by atoms with Crippen molar-refractivity contribution >= 4 is 28.9 Å². The Morgan fingerprint density at radius 3 is 2.67 bits per heavy atom. The third-order valence-electron chi connectivity index (χ3n) is 4.80. The third-order valence-corrected chi connectivity index (χ3v) is 4.80. The van der Waals surface area contributed by atoms with E-state index in [1.165, 1.54) is 5.56 Å². The van der Waals surface area contributed by atoms with E-state index in [4.69, 9.17) is 10.5 Å². The molecule has 1 saturated heterocycles. The molecule has 0 bridgehead atoms. The molecular formula is C21H25N3O3. The Labute approximate surface area is 159 Å². The maximum atomic E-state index is 12.6. The molecule has 1 fully saturated rings. The fraction of sp³-hybridized carbons (Fsp3) is 0.333. The van der Waals surface area contributed by atoms with Crippen molar-refractivity contribution in [3.05, 3.63) is 48.0 Å². The molecule has 6 heteroatoms. The number of methoxy groups -OCH3 is 1. The van der Waals surface area contributed by atoms with Gasteiger partial charge in [0.05, 0.1) is 24.4 Å². The molecule has 0 radical (unpaired) electrons. The van der Waals surface area contributed by atoms with Gasteiger partial charge < -0.3 is 20.7 Å². The van der Waals surface area contributed by atoms with Crippen LogP contribution in [0.2, 0.25) is 0 Å². The molecule has 3 rings (SSSR count).